The van der Waals surface area contributed by atoms with E-state index in [0.717, 1.165) is 90.3 Å². The van der Waals surface area contributed by atoms with E-state index in [0.29, 0.717) is 11.6 Å². The minimum atomic E-state index is -0.395. The van der Waals surface area contributed by atoms with Crippen LogP contribution in [-0.2, 0) is 10.8 Å². The van der Waals surface area contributed by atoms with Crippen molar-refractivity contribution in [2.75, 3.05) is 9.80 Å². The molecule has 0 saturated heterocycles. The molecule has 0 radical (unpaired) electrons. The summed E-state index contributed by atoms with van der Waals surface area (Å²) in [6, 6.07) is 116. The Kier molecular flexibility index (Phi) is 15.3. The van der Waals surface area contributed by atoms with E-state index in [1.54, 1.807) is 0 Å². The highest BCUT2D eigenvalue weighted by Gasteiger charge is 2.55. The Morgan fingerprint density at radius 1 is 0.222 bits per heavy atom. The fraction of sp³-hybridized carbons (Fsp3) is 0.0208. The third-order valence-corrected chi connectivity index (χ3v) is 25.5. The van der Waals surface area contributed by atoms with Crippen molar-refractivity contribution in [3.05, 3.63) is 406 Å². The van der Waals surface area contributed by atoms with Crippen LogP contribution < -0.4 is 9.80 Å². The van der Waals surface area contributed by atoms with Gasteiger partial charge >= 0.3 is 0 Å². The molecule has 2 aliphatic heterocycles. The molecule has 0 atom stereocenters. The van der Waals surface area contributed by atoms with Gasteiger partial charge in [-0.05, 0) is 168 Å². The highest BCUT2D eigenvalue weighted by Crippen LogP contribution is 2.67. The first-order valence-corrected chi connectivity index (χ1v) is 39.5. The van der Waals surface area contributed by atoms with E-state index in [9.17, 15) is 0 Å². The molecule has 10 aromatic carbocycles. The van der Waals surface area contributed by atoms with E-state index in [4.69, 9.17) is 19.9 Å². The molecule has 508 valence electrons. The van der Waals surface area contributed by atoms with Crippen molar-refractivity contribution in [3.63, 3.8) is 0 Å². The van der Waals surface area contributed by atoms with Gasteiger partial charge in [-0.2, -0.15) is 0 Å². The van der Waals surface area contributed by atoms with Gasteiger partial charge in [0, 0.05) is 82.6 Å². The second-order valence-corrected chi connectivity index (χ2v) is 30.9. The van der Waals surface area contributed by atoms with Gasteiger partial charge in [-0.25, -0.2) is 19.9 Å². The number of aromatic nitrogens is 6. The molecule has 8 aromatic heterocycles. The van der Waals surface area contributed by atoms with Crippen molar-refractivity contribution >= 4 is 79.6 Å². The van der Waals surface area contributed by atoms with Gasteiger partial charge < -0.3 is 4.90 Å². The lowest BCUT2D eigenvalue weighted by atomic mass is 9.65. The smallest absolute Gasteiger partial charge is 0.162 e. The maximum absolute atomic E-state index is 5.34. The summed E-state index contributed by atoms with van der Waals surface area (Å²) in [7, 11) is 0. The summed E-state index contributed by atoms with van der Waals surface area (Å²) >= 11 is 7.40. The molecule has 10 heterocycles. The molecule has 0 bridgehead atoms. The van der Waals surface area contributed by atoms with Gasteiger partial charge in [0.2, 0.25) is 0 Å². The van der Waals surface area contributed by atoms with E-state index < -0.39 is 5.41 Å². The van der Waals surface area contributed by atoms with E-state index in [-0.39, 0.29) is 5.41 Å². The van der Waals surface area contributed by atoms with Crippen LogP contribution in [0.15, 0.2) is 361 Å². The number of rotatable bonds is 10. The van der Waals surface area contributed by atoms with E-state index in [2.05, 4.69) is 320 Å². The molecule has 12 heteroatoms. The zero-order valence-electron chi connectivity index (χ0n) is 57.9. The molecule has 0 amide bonds. The molecule has 22 rings (SSSR count). The molecule has 0 unspecified atom stereocenters. The average molecular weight is 1450 g/mol. The van der Waals surface area contributed by atoms with Crippen LogP contribution >= 0.6 is 45.3 Å². The molecule has 2 aliphatic carbocycles. The Morgan fingerprint density at radius 3 is 0.935 bits per heavy atom. The van der Waals surface area contributed by atoms with Crippen LogP contribution in [0.25, 0.3) is 110 Å². The largest absolute Gasteiger partial charge is 0.310 e. The molecule has 108 heavy (non-hydrogen) atoms. The maximum atomic E-state index is 5.34. The van der Waals surface area contributed by atoms with Gasteiger partial charge in [-0.15, -0.1) is 45.3 Å². The van der Waals surface area contributed by atoms with Crippen molar-refractivity contribution in [1.82, 2.24) is 29.9 Å². The number of thiophene rings is 4. The fourth-order valence-corrected chi connectivity index (χ4v) is 21.0. The third-order valence-electron chi connectivity index (χ3n) is 21.5. The Bertz CT molecular complexity index is 6150. The SMILES string of the molecule is c1ccc(-c2cc(N3c4ccccc4C4(c5ccccc53)c3ccsc3-c3sccc34)nc(-c3ccc(-c4ccccn4)cc3)n2)cc1.c1ccc(-c2ccc(-c3cc(-c4ccc(N5c6ccccc6C6(c7ccccc75)c5ccsc5-c5sccc56)cc4)nc(-c4ccc(-c5ccccn5)cc4)n3)cc2)cc1. The van der Waals surface area contributed by atoms with Crippen LogP contribution in [0, 0.1) is 0 Å². The molecule has 4 aliphatic rings. The summed E-state index contributed by atoms with van der Waals surface area (Å²) in [5.74, 6) is 2.18. The van der Waals surface area contributed by atoms with Crippen LogP contribution in [0.1, 0.15) is 44.5 Å². The Morgan fingerprint density at radius 2 is 0.528 bits per heavy atom. The Balaban J connectivity index is 0.000000141. The zero-order chi connectivity index (χ0) is 71.3. The van der Waals surface area contributed by atoms with Crippen molar-refractivity contribution in [2.24, 2.45) is 0 Å². The van der Waals surface area contributed by atoms with Crippen LogP contribution in [0.4, 0.5) is 34.3 Å². The maximum Gasteiger partial charge on any atom is 0.162 e. The zero-order valence-corrected chi connectivity index (χ0v) is 61.1. The number of para-hydroxylation sites is 4. The predicted octanol–water partition coefficient (Wildman–Crippen LogP) is 25.6. The number of nitrogens with zero attached hydrogens (tertiary/aromatic N) is 8. The molecular formula is C96H60N8S4. The lowest BCUT2D eigenvalue weighted by Crippen LogP contribution is -2.36. The standard InChI is InChI=1S/C54H34N4S2.C42H26N4S2/c1-2-10-35(11-3-1)36-17-19-38(20-18-36)47-34-48(57-53(56-47)40-23-21-37(22-24-40)46-14-8-9-31-55-46)39-25-27-41(28-26-39)58-49-15-6-4-12-42(49)54(43-13-5-7-16-50(43)58)44-29-32-59-51(44)52-45(54)30-33-60-52;1-2-10-27(11-3-1)35-26-38(45-41(44-35)29-19-17-28(18-20-29)34-14-8-9-23-43-34)46-36-15-6-4-12-30(36)42(31-13-5-7-16-37(31)46)32-21-24-47-39(32)40-33(42)22-25-48-40/h1-34H;1-26H. The molecule has 0 N–H and O–H groups in total. The van der Waals surface area contributed by atoms with Gasteiger partial charge in [0.15, 0.2) is 11.6 Å². The quantitative estimate of drug-likeness (QED) is 0.134. The topological polar surface area (TPSA) is 83.8 Å². The summed E-state index contributed by atoms with van der Waals surface area (Å²) in [6.07, 6.45) is 3.65. The number of hydrogen-bond acceptors (Lipinski definition) is 12. The van der Waals surface area contributed by atoms with Gasteiger partial charge in [0.25, 0.3) is 0 Å². The third kappa shape index (κ3) is 10.1. The highest BCUT2D eigenvalue weighted by atomic mass is 32.1. The Labute approximate surface area is 641 Å². The molecule has 8 nitrogen and oxygen atoms in total. The average Bonchev–Trinajstić information content (AvgIpc) is 1.49. The summed E-state index contributed by atoms with van der Waals surface area (Å²) in [5.41, 5.74) is 29.6. The van der Waals surface area contributed by atoms with E-state index >= 15 is 0 Å². The second-order valence-electron chi connectivity index (χ2n) is 27.2. The van der Waals surface area contributed by atoms with Gasteiger partial charge in [-0.3, -0.25) is 14.9 Å². The van der Waals surface area contributed by atoms with Crippen LogP contribution in [0.2, 0.25) is 0 Å². The number of fused-ring (bicyclic) bond motifs is 18. The van der Waals surface area contributed by atoms with Crippen molar-refractivity contribution < 1.29 is 0 Å². The molecular weight excluding hydrogens is 1390 g/mol. The normalized spacial score (nSPS) is 13.3. The summed E-state index contributed by atoms with van der Waals surface area (Å²) in [6.45, 7) is 0. The van der Waals surface area contributed by atoms with Crippen LogP contribution in [0.5, 0.6) is 0 Å². The summed E-state index contributed by atoms with van der Waals surface area (Å²) < 4.78 is 0. The van der Waals surface area contributed by atoms with Crippen molar-refractivity contribution in [3.8, 4) is 110 Å². The minimum Gasteiger partial charge on any atom is -0.310 e. The lowest BCUT2D eigenvalue weighted by Gasteiger charge is -2.44. The summed E-state index contributed by atoms with van der Waals surface area (Å²) in [4.78, 5) is 40.3. The minimum absolute atomic E-state index is 0.364. The molecule has 0 fully saturated rings. The van der Waals surface area contributed by atoms with E-state index in [1.807, 2.05) is 106 Å². The van der Waals surface area contributed by atoms with Crippen LogP contribution in [0.3, 0.4) is 0 Å². The van der Waals surface area contributed by atoms with Gasteiger partial charge in [0.05, 0.1) is 62.0 Å². The molecule has 0 saturated carbocycles. The van der Waals surface area contributed by atoms with Crippen LogP contribution in [-0.4, -0.2) is 29.9 Å². The number of anilines is 6. The first kappa shape index (κ1) is 63.5. The monoisotopic (exact) mass is 1450 g/mol. The number of benzene rings is 10. The van der Waals surface area contributed by atoms with Gasteiger partial charge in [0.1, 0.15) is 5.82 Å². The van der Waals surface area contributed by atoms with Crippen molar-refractivity contribution in [2.45, 2.75) is 10.8 Å². The molecule has 18 aromatic rings. The van der Waals surface area contributed by atoms with Gasteiger partial charge in [-0.1, -0.05) is 231 Å². The first-order valence-electron chi connectivity index (χ1n) is 36.0. The molecule has 2 spiro atoms. The lowest BCUT2D eigenvalue weighted by molar-refractivity contribution is 0.754. The Hall–Kier alpha value is -12.9. The fourth-order valence-electron chi connectivity index (χ4n) is 16.8. The second kappa shape index (κ2) is 26.0. The summed E-state index contributed by atoms with van der Waals surface area (Å²) in [5, 5.41) is 9.00. The first-order chi connectivity index (χ1) is 53.5. The number of pyridine rings is 2. The predicted molar refractivity (Wildman–Crippen MR) is 446 cm³/mol. The number of hydrogen-bond donors (Lipinski definition) is 0. The van der Waals surface area contributed by atoms with Crippen molar-refractivity contribution in [1.29, 1.82) is 0 Å². The highest BCUT2D eigenvalue weighted by molar-refractivity contribution is 7.21. The van der Waals surface area contributed by atoms with E-state index in [1.165, 1.54) is 86.5 Å².